The van der Waals surface area contributed by atoms with Crippen LogP contribution in [0.15, 0.2) is 36.7 Å². The van der Waals surface area contributed by atoms with Crippen molar-refractivity contribution in [1.29, 1.82) is 0 Å². The first kappa shape index (κ1) is 13.1. The molecule has 0 spiro atoms. The van der Waals surface area contributed by atoms with Crippen molar-refractivity contribution >= 4 is 11.6 Å². The summed E-state index contributed by atoms with van der Waals surface area (Å²) in [6.45, 7) is 4.46. The Kier molecular flexibility index (Phi) is 3.85. The summed E-state index contributed by atoms with van der Waals surface area (Å²) in [6, 6.07) is 7.67. The fourth-order valence-corrected chi connectivity index (χ4v) is 1.88. The standard InChI is InChI=1S/C14H18N4O/c1-10(2)18(14(19)12-7-16-17-8-12)9-11-5-3-4-6-13(11)15/h3-8,10H,9,15H2,1-2H3,(H,16,17). The van der Waals surface area contributed by atoms with Gasteiger partial charge in [-0.05, 0) is 25.5 Å². The number of carbonyl (C=O) groups is 1. The highest BCUT2D eigenvalue weighted by Gasteiger charge is 2.20. The molecule has 1 heterocycles. The Morgan fingerprint density at radius 1 is 1.42 bits per heavy atom. The third kappa shape index (κ3) is 2.93. The maximum Gasteiger partial charge on any atom is 0.257 e. The maximum atomic E-state index is 12.4. The van der Waals surface area contributed by atoms with E-state index < -0.39 is 0 Å². The van der Waals surface area contributed by atoms with Crippen molar-refractivity contribution in [3.8, 4) is 0 Å². The summed E-state index contributed by atoms with van der Waals surface area (Å²) in [6.07, 6.45) is 3.14. The molecule has 0 saturated heterocycles. The predicted octanol–water partition coefficient (Wildman–Crippen LogP) is 2.04. The summed E-state index contributed by atoms with van der Waals surface area (Å²) in [4.78, 5) is 14.2. The first-order valence-corrected chi connectivity index (χ1v) is 6.22. The highest BCUT2D eigenvalue weighted by atomic mass is 16.2. The first-order valence-electron chi connectivity index (χ1n) is 6.22. The zero-order chi connectivity index (χ0) is 13.8. The average molecular weight is 258 g/mol. The van der Waals surface area contributed by atoms with Crippen molar-refractivity contribution in [2.45, 2.75) is 26.4 Å². The highest BCUT2D eigenvalue weighted by Crippen LogP contribution is 2.17. The Bertz CT molecular complexity index is 548. The number of hydrogen-bond acceptors (Lipinski definition) is 3. The summed E-state index contributed by atoms with van der Waals surface area (Å²) in [5.41, 5.74) is 8.14. The number of rotatable bonds is 4. The molecule has 3 N–H and O–H groups in total. The van der Waals surface area contributed by atoms with E-state index in [0.717, 1.165) is 5.56 Å². The number of aromatic nitrogens is 2. The van der Waals surface area contributed by atoms with Gasteiger partial charge in [-0.2, -0.15) is 5.10 Å². The normalized spacial score (nSPS) is 10.7. The van der Waals surface area contributed by atoms with Gasteiger partial charge in [0.25, 0.3) is 5.91 Å². The Morgan fingerprint density at radius 2 is 2.16 bits per heavy atom. The second kappa shape index (κ2) is 5.56. The molecule has 100 valence electrons. The lowest BCUT2D eigenvalue weighted by molar-refractivity contribution is 0.0691. The minimum absolute atomic E-state index is 0.0491. The molecule has 0 atom stereocenters. The second-order valence-corrected chi connectivity index (χ2v) is 4.71. The molecule has 2 rings (SSSR count). The number of nitrogen functional groups attached to an aromatic ring is 1. The van der Waals surface area contributed by atoms with Crippen molar-refractivity contribution in [1.82, 2.24) is 15.1 Å². The van der Waals surface area contributed by atoms with Gasteiger partial charge in [-0.1, -0.05) is 18.2 Å². The molecule has 0 fully saturated rings. The molecule has 0 unspecified atom stereocenters. The molecule has 0 aliphatic rings. The number of amides is 1. The Balaban J connectivity index is 2.22. The van der Waals surface area contributed by atoms with Gasteiger partial charge in [-0.3, -0.25) is 9.89 Å². The van der Waals surface area contributed by atoms with E-state index in [0.29, 0.717) is 17.8 Å². The van der Waals surface area contributed by atoms with Gasteiger partial charge in [0.2, 0.25) is 0 Å². The zero-order valence-corrected chi connectivity index (χ0v) is 11.1. The fourth-order valence-electron chi connectivity index (χ4n) is 1.88. The summed E-state index contributed by atoms with van der Waals surface area (Å²) in [7, 11) is 0. The van der Waals surface area contributed by atoms with E-state index in [-0.39, 0.29) is 11.9 Å². The topological polar surface area (TPSA) is 75.0 Å². The van der Waals surface area contributed by atoms with Crippen LogP contribution in [0.3, 0.4) is 0 Å². The molecule has 5 nitrogen and oxygen atoms in total. The van der Waals surface area contributed by atoms with Gasteiger partial charge in [-0.15, -0.1) is 0 Å². The van der Waals surface area contributed by atoms with E-state index in [1.807, 2.05) is 38.1 Å². The molecule has 19 heavy (non-hydrogen) atoms. The van der Waals surface area contributed by atoms with E-state index in [9.17, 15) is 4.79 Å². The second-order valence-electron chi connectivity index (χ2n) is 4.71. The van der Waals surface area contributed by atoms with Crippen LogP contribution < -0.4 is 5.73 Å². The summed E-state index contributed by atoms with van der Waals surface area (Å²) in [5, 5.41) is 6.47. The van der Waals surface area contributed by atoms with Crippen LogP contribution in [0.1, 0.15) is 29.8 Å². The maximum absolute atomic E-state index is 12.4. The van der Waals surface area contributed by atoms with Crippen LogP contribution in [-0.4, -0.2) is 27.0 Å². The number of hydrogen-bond donors (Lipinski definition) is 2. The number of nitrogens with zero attached hydrogens (tertiary/aromatic N) is 2. The van der Waals surface area contributed by atoms with Gasteiger partial charge in [0, 0.05) is 24.5 Å². The number of benzene rings is 1. The van der Waals surface area contributed by atoms with E-state index >= 15 is 0 Å². The van der Waals surface area contributed by atoms with Crippen LogP contribution in [0, 0.1) is 0 Å². The van der Waals surface area contributed by atoms with Crippen LogP contribution in [0.25, 0.3) is 0 Å². The SMILES string of the molecule is CC(C)N(Cc1ccccc1N)C(=O)c1cn[nH]c1. The van der Waals surface area contributed by atoms with Crippen LogP contribution in [-0.2, 0) is 6.54 Å². The molecule has 0 radical (unpaired) electrons. The van der Waals surface area contributed by atoms with Gasteiger partial charge in [-0.25, -0.2) is 0 Å². The van der Waals surface area contributed by atoms with Crippen LogP contribution >= 0.6 is 0 Å². The third-order valence-electron chi connectivity index (χ3n) is 3.03. The number of para-hydroxylation sites is 1. The Morgan fingerprint density at radius 3 is 2.74 bits per heavy atom. The van der Waals surface area contributed by atoms with Gasteiger partial charge in [0.15, 0.2) is 0 Å². The number of nitrogens with one attached hydrogen (secondary N) is 1. The van der Waals surface area contributed by atoms with Crippen LogP contribution in [0.5, 0.6) is 0 Å². The molecule has 5 heteroatoms. The molecule has 0 bridgehead atoms. The lowest BCUT2D eigenvalue weighted by Gasteiger charge is -2.27. The lowest BCUT2D eigenvalue weighted by atomic mass is 10.1. The monoisotopic (exact) mass is 258 g/mol. The van der Waals surface area contributed by atoms with Gasteiger partial charge in [0.05, 0.1) is 11.8 Å². The van der Waals surface area contributed by atoms with Gasteiger partial charge in [0.1, 0.15) is 0 Å². The molecule has 1 aromatic heterocycles. The van der Waals surface area contributed by atoms with Gasteiger partial charge < -0.3 is 10.6 Å². The summed E-state index contributed by atoms with van der Waals surface area (Å²) in [5.74, 6) is -0.0491. The van der Waals surface area contributed by atoms with Gasteiger partial charge >= 0.3 is 0 Å². The largest absolute Gasteiger partial charge is 0.398 e. The van der Waals surface area contributed by atoms with Crippen LogP contribution in [0.2, 0.25) is 0 Å². The van der Waals surface area contributed by atoms with Crippen molar-refractivity contribution in [2.24, 2.45) is 0 Å². The molecule has 0 aliphatic heterocycles. The third-order valence-corrected chi connectivity index (χ3v) is 3.03. The molecule has 1 amide bonds. The Hall–Kier alpha value is -2.30. The molecule has 2 aromatic rings. The number of aromatic amines is 1. The quantitative estimate of drug-likeness (QED) is 0.824. The van der Waals surface area contributed by atoms with E-state index in [1.165, 1.54) is 6.20 Å². The molecule has 0 saturated carbocycles. The zero-order valence-electron chi connectivity index (χ0n) is 11.1. The number of anilines is 1. The number of nitrogens with two attached hydrogens (primary N) is 1. The van der Waals surface area contributed by atoms with Crippen molar-refractivity contribution in [3.63, 3.8) is 0 Å². The molecular weight excluding hydrogens is 240 g/mol. The molecule has 0 aliphatic carbocycles. The molecule has 1 aromatic carbocycles. The van der Waals surface area contributed by atoms with E-state index in [1.54, 1.807) is 11.1 Å². The van der Waals surface area contributed by atoms with Crippen LogP contribution in [0.4, 0.5) is 5.69 Å². The van der Waals surface area contributed by atoms with Crippen molar-refractivity contribution in [2.75, 3.05) is 5.73 Å². The average Bonchev–Trinajstić information content (AvgIpc) is 2.90. The smallest absolute Gasteiger partial charge is 0.257 e. The predicted molar refractivity (Wildman–Crippen MR) is 74.5 cm³/mol. The number of H-pyrrole nitrogens is 1. The number of carbonyl (C=O) groups excluding carboxylic acids is 1. The summed E-state index contributed by atoms with van der Waals surface area (Å²) >= 11 is 0. The first-order chi connectivity index (χ1) is 9.09. The summed E-state index contributed by atoms with van der Waals surface area (Å²) < 4.78 is 0. The fraction of sp³-hybridized carbons (Fsp3) is 0.286. The minimum Gasteiger partial charge on any atom is -0.398 e. The Labute approximate surface area is 112 Å². The van der Waals surface area contributed by atoms with E-state index in [4.69, 9.17) is 5.73 Å². The highest BCUT2D eigenvalue weighted by molar-refractivity contribution is 5.93. The minimum atomic E-state index is -0.0491. The lowest BCUT2D eigenvalue weighted by Crippen LogP contribution is -2.36. The van der Waals surface area contributed by atoms with Crippen molar-refractivity contribution < 1.29 is 4.79 Å². The van der Waals surface area contributed by atoms with E-state index in [2.05, 4.69) is 10.2 Å². The molecular formula is C14H18N4O. The van der Waals surface area contributed by atoms with Crippen molar-refractivity contribution in [3.05, 3.63) is 47.8 Å².